The molecule has 18 heavy (non-hydrogen) atoms. The Kier molecular flexibility index (Phi) is 2.93. The van der Waals surface area contributed by atoms with Gasteiger partial charge < -0.3 is 5.11 Å². The van der Waals surface area contributed by atoms with E-state index in [0.29, 0.717) is 0 Å². The van der Waals surface area contributed by atoms with Gasteiger partial charge in [-0.2, -0.15) is 18.3 Å². The second-order valence-electron chi connectivity index (χ2n) is 3.61. The van der Waals surface area contributed by atoms with E-state index in [-0.39, 0.29) is 17.6 Å². The molecule has 2 aromatic rings. The normalized spacial score (nSPS) is 11.9. The summed E-state index contributed by atoms with van der Waals surface area (Å²) in [6.45, 7) is 0. The quantitative estimate of drug-likeness (QED) is 0.912. The number of aromatic nitrogens is 3. The van der Waals surface area contributed by atoms with E-state index >= 15 is 0 Å². The maximum Gasteiger partial charge on any atom is 0.435 e. The smallest absolute Gasteiger partial charge is 0.435 e. The number of aliphatic carboxylic acids is 1. The third-order valence-electron chi connectivity index (χ3n) is 2.35. The van der Waals surface area contributed by atoms with Gasteiger partial charge >= 0.3 is 12.1 Å². The summed E-state index contributed by atoms with van der Waals surface area (Å²) in [7, 11) is 0. The number of fused-ring (bicyclic) bond motifs is 1. The first kappa shape index (κ1) is 12.3. The number of halogens is 3. The fourth-order valence-electron chi connectivity index (χ4n) is 1.62. The van der Waals surface area contributed by atoms with E-state index < -0.39 is 24.3 Å². The topological polar surface area (TPSA) is 67.5 Å². The van der Waals surface area contributed by atoms with E-state index in [1.165, 1.54) is 18.5 Å². The zero-order valence-electron chi connectivity index (χ0n) is 8.98. The summed E-state index contributed by atoms with van der Waals surface area (Å²) in [5.74, 6) is -1.17. The molecule has 1 N–H and O–H groups in total. The molecule has 0 aliphatic rings. The van der Waals surface area contributed by atoms with Crippen LogP contribution in [0, 0.1) is 0 Å². The molecule has 0 aliphatic heterocycles. The zero-order valence-corrected chi connectivity index (χ0v) is 8.98. The van der Waals surface area contributed by atoms with Crippen molar-refractivity contribution < 1.29 is 23.1 Å². The van der Waals surface area contributed by atoms with Crippen LogP contribution in [0.4, 0.5) is 13.2 Å². The molecule has 0 fully saturated rings. The molecule has 0 aromatic carbocycles. The van der Waals surface area contributed by atoms with Crippen LogP contribution in [0.25, 0.3) is 5.65 Å². The first-order chi connectivity index (χ1) is 8.39. The molecule has 5 nitrogen and oxygen atoms in total. The Bertz CT molecular complexity index is 592. The van der Waals surface area contributed by atoms with Crippen molar-refractivity contribution in [2.75, 3.05) is 0 Å². The summed E-state index contributed by atoms with van der Waals surface area (Å²) in [5.41, 5.74) is -1.24. The van der Waals surface area contributed by atoms with Gasteiger partial charge in [-0.3, -0.25) is 4.79 Å². The van der Waals surface area contributed by atoms with Gasteiger partial charge in [0.25, 0.3) is 0 Å². The Hall–Kier alpha value is -2.12. The highest BCUT2D eigenvalue weighted by Gasteiger charge is 2.38. The Labute approximate surface area is 98.9 Å². The van der Waals surface area contributed by atoms with Crippen molar-refractivity contribution >= 4 is 11.6 Å². The molecule has 8 heteroatoms. The summed E-state index contributed by atoms with van der Waals surface area (Å²) < 4.78 is 39.3. The Morgan fingerprint density at radius 2 is 2.17 bits per heavy atom. The summed E-state index contributed by atoms with van der Waals surface area (Å²) in [6, 6.07) is 1.45. The number of hydrogen-bond acceptors (Lipinski definition) is 3. The molecule has 0 aliphatic carbocycles. The van der Waals surface area contributed by atoms with Crippen molar-refractivity contribution in [2.24, 2.45) is 0 Å². The third-order valence-corrected chi connectivity index (χ3v) is 2.35. The van der Waals surface area contributed by atoms with Crippen molar-refractivity contribution in [3.63, 3.8) is 0 Å². The second kappa shape index (κ2) is 4.28. The van der Waals surface area contributed by atoms with Gasteiger partial charge in [-0.1, -0.05) is 0 Å². The molecule has 0 atom stereocenters. The van der Waals surface area contributed by atoms with Gasteiger partial charge in [0, 0.05) is 24.4 Å². The van der Waals surface area contributed by atoms with Gasteiger partial charge in [0.05, 0.1) is 0 Å². The van der Waals surface area contributed by atoms with Gasteiger partial charge in [0.2, 0.25) is 0 Å². The Morgan fingerprint density at radius 1 is 1.44 bits per heavy atom. The summed E-state index contributed by atoms with van der Waals surface area (Å²) in [6.07, 6.45) is -2.61. The van der Waals surface area contributed by atoms with Gasteiger partial charge in [-0.25, -0.2) is 9.50 Å². The molecule has 0 radical (unpaired) electrons. The summed E-state index contributed by atoms with van der Waals surface area (Å²) in [5, 5.41) is 11.9. The van der Waals surface area contributed by atoms with E-state index in [0.717, 1.165) is 4.52 Å². The first-order valence-corrected chi connectivity index (χ1v) is 5.01. The van der Waals surface area contributed by atoms with E-state index in [1.807, 2.05) is 0 Å². The Balaban J connectivity index is 2.54. The van der Waals surface area contributed by atoms with Crippen LogP contribution >= 0.6 is 0 Å². The molecule has 0 saturated carbocycles. The van der Waals surface area contributed by atoms with Gasteiger partial charge in [0.15, 0.2) is 11.3 Å². The standard InChI is InChI=1S/C10H8F3N3O2/c11-10(12,13)8-6(2-3-7(17)18)9-14-4-1-5-16(9)15-8/h1,4-5H,2-3H2,(H,17,18). The molecule has 96 valence electrons. The van der Waals surface area contributed by atoms with Crippen LogP contribution in [0.5, 0.6) is 0 Å². The van der Waals surface area contributed by atoms with Gasteiger partial charge in [0.1, 0.15) is 0 Å². The van der Waals surface area contributed by atoms with Gasteiger partial charge in [-0.05, 0) is 12.5 Å². The van der Waals surface area contributed by atoms with Crippen molar-refractivity contribution in [3.8, 4) is 0 Å². The third kappa shape index (κ3) is 2.27. The van der Waals surface area contributed by atoms with Crippen molar-refractivity contribution in [2.45, 2.75) is 19.0 Å². The highest BCUT2D eigenvalue weighted by Crippen LogP contribution is 2.32. The number of hydrogen-bond donors (Lipinski definition) is 1. The minimum Gasteiger partial charge on any atom is -0.481 e. The SMILES string of the molecule is O=C(O)CCc1c(C(F)(F)F)nn2cccnc12. The number of rotatable bonds is 3. The van der Waals surface area contributed by atoms with Crippen molar-refractivity contribution in [3.05, 3.63) is 29.7 Å². The number of carboxylic acids is 1. The second-order valence-corrected chi connectivity index (χ2v) is 3.61. The molecule has 2 aromatic heterocycles. The molecule has 0 saturated heterocycles. The van der Waals surface area contributed by atoms with E-state index in [1.54, 1.807) is 0 Å². The molecule has 0 amide bonds. The minimum atomic E-state index is -4.62. The predicted octanol–water partition coefficient (Wildman–Crippen LogP) is 1.77. The fraction of sp³-hybridized carbons (Fsp3) is 0.300. The number of nitrogens with zero attached hydrogens (tertiary/aromatic N) is 3. The van der Waals surface area contributed by atoms with E-state index in [2.05, 4.69) is 10.1 Å². The monoisotopic (exact) mass is 259 g/mol. The lowest BCUT2D eigenvalue weighted by molar-refractivity contribution is -0.142. The van der Waals surface area contributed by atoms with Crippen LogP contribution in [0.15, 0.2) is 18.5 Å². The number of aryl methyl sites for hydroxylation is 1. The maximum absolute atomic E-state index is 12.8. The molecule has 0 spiro atoms. The van der Waals surface area contributed by atoms with Crippen LogP contribution in [0.1, 0.15) is 17.7 Å². The lowest BCUT2D eigenvalue weighted by atomic mass is 10.1. The predicted molar refractivity (Wildman–Crippen MR) is 53.9 cm³/mol. The summed E-state index contributed by atoms with van der Waals surface area (Å²) in [4.78, 5) is 14.3. The lowest BCUT2D eigenvalue weighted by Gasteiger charge is -2.04. The molecule has 0 unspecified atom stereocenters. The first-order valence-electron chi connectivity index (χ1n) is 5.01. The highest BCUT2D eigenvalue weighted by molar-refractivity contribution is 5.68. The lowest BCUT2D eigenvalue weighted by Crippen LogP contribution is -2.10. The van der Waals surface area contributed by atoms with Crippen LogP contribution in [0.3, 0.4) is 0 Å². The van der Waals surface area contributed by atoms with E-state index in [4.69, 9.17) is 5.11 Å². The number of carbonyl (C=O) groups is 1. The molecule has 2 heterocycles. The molecular formula is C10H8F3N3O2. The number of carboxylic acid groups (broad SMARTS) is 1. The zero-order chi connectivity index (χ0) is 13.3. The van der Waals surface area contributed by atoms with Crippen molar-refractivity contribution in [1.29, 1.82) is 0 Å². The molecular weight excluding hydrogens is 251 g/mol. The average Bonchev–Trinajstić information content (AvgIpc) is 2.64. The largest absolute Gasteiger partial charge is 0.481 e. The highest BCUT2D eigenvalue weighted by atomic mass is 19.4. The van der Waals surface area contributed by atoms with Crippen molar-refractivity contribution in [1.82, 2.24) is 14.6 Å². The van der Waals surface area contributed by atoms with Crippen LogP contribution in [0.2, 0.25) is 0 Å². The van der Waals surface area contributed by atoms with Crippen LogP contribution in [-0.4, -0.2) is 25.7 Å². The van der Waals surface area contributed by atoms with Crippen LogP contribution in [-0.2, 0) is 17.4 Å². The average molecular weight is 259 g/mol. The maximum atomic E-state index is 12.8. The van der Waals surface area contributed by atoms with Gasteiger partial charge in [-0.15, -0.1) is 0 Å². The summed E-state index contributed by atoms with van der Waals surface area (Å²) >= 11 is 0. The Morgan fingerprint density at radius 3 is 2.78 bits per heavy atom. The minimum absolute atomic E-state index is 0.0334. The molecule has 2 rings (SSSR count). The van der Waals surface area contributed by atoms with E-state index in [9.17, 15) is 18.0 Å². The fourth-order valence-corrected chi connectivity index (χ4v) is 1.62. The molecule has 0 bridgehead atoms. The van der Waals surface area contributed by atoms with Crippen LogP contribution < -0.4 is 0 Å². The number of alkyl halides is 3.